The Kier molecular flexibility index (Phi) is 8.15. The lowest BCUT2D eigenvalue weighted by atomic mass is 10.3. The molecule has 1 fully saturated rings. The molecule has 0 saturated carbocycles. The molecular formula is C10H18F6N2O5S2. The van der Waals surface area contributed by atoms with Crippen molar-refractivity contribution in [2.24, 2.45) is 0 Å². The third-order valence-corrected chi connectivity index (χ3v) is 5.84. The van der Waals surface area contributed by atoms with Crippen molar-refractivity contribution in [2.75, 3.05) is 39.9 Å². The van der Waals surface area contributed by atoms with Gasteiger partial charge in [0.2, 0.25) is 0 Å². The van der Waals surface area contributed by atoms with Crippen LogP contribution in [0, 0.1) is 0 Å². The minimum Gasteiger partial charge on any atom is -0.421 e. The number of hydrogen-bond acceptors (Lipinski definition) is 5. The molecule has 15 heteroatoms. The quantitative estimate of drug-likeness (QED) is 0.508. The summed E-state index contributed by atoms with van der Waals surface area (Å²) in [6.07, 6.45) is 1.29. The molecule has 152 valence electrons. The number of morpholine rings is 1. The second-order valence-corrected chi connectivity index (χ2v) is 8.74. The van der Waals surface area contributed by atoms with Crippen molar-refractivity contribution < 1.29 is 52.4 Å². The summed E-state index contributed by atoms with van der Waals surface area (Å²) in [5.74, 6) is 0. The minimum absolute atomic E-state index is 0.778. The highest BCUT2D eigenvalue weighted by Crippen LogP contribution is 2.36. The molecule has 1 aliphatic rings. The van der Waals surface area contributed by atoms with E-state index < -0.39 is 31.1 Å². The third kappa shape index (κ3) is 7.64. The van der Waals surface area contributed by atoms with Crippen LogP contribution in [-0.2, 0) is 24.8 Å². The molecule has 0 radical (unpaired) electrons. The zero-order chi connectivity index (χ0) is 20.2. The number of alkyl halides is 6. The Morgan fingerprint density at radius 2 is 1.28 bits per heavy atom. The van der Waals surface area contributed by atoms with Gasteiger partial charge in [-0.05, 0) is 6.42 Å². The first-order valence-electron chi connectivity index (χ1n) is 6.75. The smallest absolute Gasteiger partial charge is 0.421 e. The summed E-state index contributed by atoms with van der Waals surface area (Å²) in [5, 5.41) is 0. The zero-order valence-electron chi connectivity index (χ0n) is 13.3. The maximum atomic E-state index is 11.4. The first-order valence-corrected chi connectivity index (χ1v) is 9.63. The fourth-order valence-electron chi connectivity index (χ4n) is 1.76. The predicted molar refractivity (Wildman–Crippen MR) is 75.2 cm³/mol. The molecule has 0 bridgehead atoms. The Morgan fingerprint density at radius 1 is 0.920 bits per heavy atom. The normalized spacial score (nSPS) is 19.0. The highest BCUT2D eigenvalue weighted by atomic mass is 32.3. The van der Waals surface area contributed by atoms with Crippen LogP contribution in [0.1, 0.15) is 13.3 Å². The summed E-state index contributed by atoms with van der Waals surface area (Å²) < 4.78 is 116. The van der Waals surface area contributed by atoms with Gasteiger partial charge in [0.25, 0.3) is 0 Å². The van der Waals surface area contributed by atoms with Gasteiger partial charge in [-0.1, -0.05) is 6.92 Å². The monoisotopic (exact) mass is 424 g/mol. The number of rotatable bonds is 4. The van der Waals surface area contributed by atoms with Crippen molar-refractivity contribution in [3.8, 4) is 0 Å². The fraction of sp³-hybridized carbons (Fsp3) is 1.00. The average Bonchev–Trinajstić information content (AvgIpc) is 2.36. The van der Waals surface area contributed by atoms with Gasteiger partial charge in [0, 0.05) is 0 Å². The molecule has 0 aliphatic carbocycles. The second kappa shape index (κ2) is 8.37. The molecule has 25 heavy (non-hydrogen) atoms. The zero-order valence-corrected chi connectivity index (χ0v) is 14.9. The molecule has 0 N–H and O–H groups in total. The number of ether oxygens (including phenoxy) is 1. The van der Waals surface area contributed by atoms with Crippen LogP contribution in [0.15, 0.2) is 0 Å². The van der Waals surface area contributed by atoms with Crippen molar-refractivity contribution in [1.82, 2.24) is 0 Å². The molecule has 0 unspecified atom stereocenters. The van der Waals surface area contributed by atoms with Crippen LogP contribution in [0.3, 0.4) is 0 Å². The Hall–Kier alpha value is -0.640. The van der Waals surface area contributed by atoms with Crippen LogP contribution >= 0.6 is 0 Å². The van der Waals surface area contributed by atoms with Gasteiger partial charge in [-0.15, -0.1) is 0 Å². The first-order chi connectivity index (χ1) is 11.0. The predicted octanol–water partition coefficient (Wildman–Crippen LogP) is 1.93. The summed E-state index contributed by atoms with van der Waals surface area (Å²) in [5.41, 5.74) is -12.4. The first kappa shape index (κ1) is 24.4. The molecule has 0 amide bonds. The van der Waals surface area contributed by atoms with E-state index in [4.69, 9.17) is 4.74 Å². The van der Waals surface area contributed by atoms with E-state index in [9.17, 15) is 43.2 Å². The number of quaternary nitrogens is 1. The van der Waals surface area contributed by atoms with Crippen molar-refractivity contribution in [2.45, 2.75) is 24.4 Å². The van der Waals surface area contributed by atoms with Crippen molar-refractivity contribution in [3.63, 3.8) is 0 Å². The molecule has 1 aliphatic heterocycles. The molecule has 7 nitrogen and oxygen atoms in total. The van der Waals surface area contributed by atoms with Crippen molar-refractivity contribution in [1.29, 1.82) is 0 Å². The van der Waals surface area contributed by atoms with E-state index in [-0.39, 0.29) is 0 Å². The molecule has 0 aromatic heterocycles. The largest absolute Gasteiger partial charge is 0.480 e. The highest BCUT2D eigenvalue weighted by molar-refractivity contribution is 8.13. The lowest BCUT2D eigenvalue weighted by molar-refractivity contribution is -0.916. The van der Waals surface area contributed by atoms with E-state index in [1.807, 2.05) is 0 Å². The lowest BCUT2D eigenvalue weighted by Gasteiger charge is -2.37. The van der Waals surface area contributed by atoms with Gasteiger partial charge in [-0.2, -0.15) is 26.3 Å². The molecule has 0 aromatic carbocycles. The molecule has 0 spiro atoms. The lowest BCUT2D eigenvalue weighted by Crippen LogP contribution is -2.52. The Morgan fingerprint density at radius 3 is 1.56 bits per heavy atom. The number of halogens is 6. The maximum absolute atomic E-state index is 11.4. The standard InChI is InChI=1S/C8H18NO.C2F6NO4S2/c1-3-4-9(2)5-7-10-8-6-9;3-1(4,5)14(10,11)9-15(12,13)2(6,7)8/h3-8H2,1-2H3;/q+1;-1. The van der Waals surface area contributed by atoms with Crippen molar-refractivity contribution in [3.05, 3.63) is 4.13 Å². The number of sulfonamides is 2. The van der Waals surface area contributed by atoms with Gasteiger partial charge in [-0.3, -0.25) is 0 Å². The Balaban J connectivity index is 0.000000496. The molecule has 1 rings (SSSR count). The molecule has 1 saturated heterocycles. The summed E-state index contributed by atoms with van der Waals surface area (Å²) >= 11 is 0. The van der Waals surface area contributed by atoms with Gasteiger partial charge < -0.3 is 13.3 Å². The van der Waals surface area contributed by atoms with E-state index in [1.165, 1.54) is 30.5 Å². The molecule has 1 heterocycles. The average molecular weight is 424 g/mol. The van der Waals surface area contributed by atoms with Crippen LogP contribution in [0.25, 0.3) is 4.13 Å². The van der Waals surface area contributed by atoms with Crippen LogP contribution in [-0.4, -0.2) is 72.2 Å². The van der Waals surface area contributed by atoms with Crippen LogP contribution in [0.2, 0.25) is 0 Å². The van der Waals surface area contributed by atoms with Crippen LogP contribution in [0.5, 0.6) is 0 Å². The summed E-state index contributed by atoms with van der Waals surface area (Å²) in [6, 6.07) is 0. The van der Waals surface area contributed by atoms with E-state index in [1.54, 1.807) is 0 Å². The number of nitrogens with zero attached hydrogens (tertiary/aromatic N) is 2. The third-order valence-electron chi connectivity index (χ3n) is 3.10. The molecule has 0 aromatic rings. The number of likely N-dealkylation sites (N-methyl/N-ethyl adjacent to an activating group) is 1. The Bertz CT molecular complexity index is 576. The second-order valence-electron chi connectivity index (χ2n) is 5.32. The van der Waals surface area contributed by atoms with E-state index in [0.717, 1.165) is 17.3 Å². The van der Waals surface area contributed by atoms with Gasteiger partial charge in [0.05, 0.1) is 26.8 Å². The van der Waals surface area contributed by atoms with Gasteiger partial charge in [0.1, 0.15) is 13.1 Å². The Labute approximate surface area is 141 Å². The summed E-state index contributed by atoms with van der Waals surface area (Å²) in [6.45, 7) is 7.87. The SMILES string of the molecule is CCC[N+]1(C)CCOCC1.O=S(=O)([N-]S(=O)(=O)C(F)(F)F)C(F)(F)F. The van der Waals surface area contributed by atoms with E-state index in [2.05, 4.69) is 14.0 Å². The molecule has 0 atom stereocenters. The fourth-order valence-corrected chi connectivity index (χ4v) is 3.47. The van der Waals surface area contributed by atoms with Crippen LogP contribution < -0.4 is 0 Å². The van der Waals surface area contributed by atoms with Gasteiger partial charge in [-0.25, -0.2) is 16.8 Å². The molecular weight excluding hydrogens is 406 g/mol. The van der Waals surface area contributed by atoms with Gasteiger partial charge >= 0.3 is 11.0 Å². The summed E-state index contributed by atoms with van der Waals surface area (Å²) in [7, 11) is -11.1. The van der Waals surface area contributed by atoms with E-state index in [0.29, 0.717) is 0 Å². The van der Waals surface area contributed by atoms with Gasteiger partial charge in [0.15, 0.2) is 20.0 Å². The van der Waals surface area contributed by atoms with Crippen LogP contribution in [0.4, 0.5) is 26.3 Å². The van der Waals surface area contributed by atoms with E-state index >= 15 is 0 Å². The summed E-state index contributed by atoms with van der Waals surface area (Å²) in [4.78, 5) is 0. The maximum Gasteiger partial charge on any atom is 0.480 e. The number of hydrogen-bond donors (Lipinski definition) is 0. The van der Waals surface area contributed by atoms with Crippen molar-refractivity contribution >= 4 is 20.0 Å². The minimum atomic E-state index is -6.72. The topological polar surface area (TPSA) is 91.6 Å². The highest BCUT2D eigenvalue weighted by Gasteiger charge is 2.46.